The monoisotopic (exact) mass is 365 g/mol. The van der Waals surface area contributed by atoms with Crippen molar-refractivity contribution >= 4 is 17.6 Å². The Morgan fingerprint density at radius 3 is 2.48 bits per heavy atom. The summed E-state index contributed by atoms with van der Waals surface area (Å²) in [5.41, 5.74) is 2.72. The van der Waals surface area contributed by atoms with E-state index in [2.05, 4.69) is 5.10 Å². The highest BCUT2D eigenvalue weighted by Crippen LogP contribution is 2.29. The third kappa shape index (κ3) is 3.52. The van der Waals surface area contributed by atoms with Gasteiger partial charge in [0.05, 0.1) is 25.5 Å². The van der Waals surface area contributed by atoms with Crippen molar-refractivity contribution in [2.24, 2.45) is 7.05 Å². The van der Waals surface area contributed by atoms with Gasteiger partial charge in [0.15, 0.2) is 0 Å². The molecule has 0 saturated carbocycles. The maximum atomic E-state index is 12.5. The zero-order valence-corrected chi connectivity index (χ0v) is 15.2. The summed E-state index contributed by atoms with van der Waals surface area (Å²) in [6, 6.07) is 9.47. The number of anilines is 1. The summed E-state index contributed by atoms with van der Waals surface area (Å²) in [6.45, 7) is 0. The lowest BCUT2D eigenvalue weighted by Gasteiger charge is -2.23. The summed E-state index contributed by atoms with van der Waals surface area (Å²) in [5.74, 6) is -1.26. The minimum Gasteiger partial charge on any atom is -0.465 e. The molecule has 0 bridgehead atoms. The second-order valence-electron chi connectivity index (χ2n) is 5.71. The summed E-state index contributed by atoms with van der Waals surface area (Å²) >= 11 is 0. The van der Waals surface area contributed by atoms with Crippen LogP contribution in [-0.4, -0.2) is 35.9 Å². The van der Waals surface area contributed by atoms with Crippen LogP contribution in [0.15, 0.2) is 72.2 Å². The molecule has 0 atom stereocenters. The van der Waals surface area contributed by atoms with Crippen molar-refractivity contribution in [3.8, 4) is 11.3 Å². The normalized spacial score (nSPS) is 13.5. The molecule has 27 heavy (non-hydrogen) atoms. The zero-order valence-electron chi connectivity index (χ0n) is 15.2. The lowest BCUT2D eigenvalue weighted by molar-refractivity contribution is -0.139. The molecule has 0 radical (unpaired) electrons. The van der Waals surface area contributed by atoms with Gasteiger partial charge < -0.3 is 14.4 Å². The van der Waals surface area contributed by atoms with Crippen molar-refractivity contribution in [3.05, 3.63) is 72.2 Å². The van der Waals surface area contributed by atoms with Crippen LogP contribution < -0.4 is 4.90 Å². The van der Waals surface area contributed by atoms with Gasteiger partial charge in [-0.1, -0.05) is 18.2 Å². The standard InChI is InChI=1S/C20H19N3O4/c1-22-17(10-11-21-22)14-7-6-8-15(13-14)23-12-5-4-9-16(19(24)26-2)18(23)20(25)27-3/h4-13H,1-3H3. The molecule has 0 saturated heterocycles. The van der Waals surface area contributed by atoms with Gasteiger partial charge in [-0.05, 0) is 30.4 Å². The van der Waals surface area contributed by atoms with Crippen LogP contribution in [-0.2, 0) is 26.1 Å². The lowest BCUT2D eigenvalue weighted by Crippen LogP contribution is -2.26. The van der Waals surface area contributed by atoms with Crippen LogP contribution in [0.5, 0.6) is 0 Å². The molecular weight excluding hydrogens is 346 g/mol. The molecule has 2 aromatic rings. The van der Waals surface area contributed by atoms with E-state index in [1.807, 2.05) is 37.4 Å². The minimum absolute atomic E-state index is 0.0801. The van der Waals surface area contributed by atoms with Crippen LogP contribution in [0.3, 0.4) is 0 Å². The van der Waals surface area contributed by atoms with E-state index < -0.39 is 11.9 Å². The molecule has 138 valence electrons. The average Bonchev–Trinajstić information content (AvgIpc) is 3.00. The summed E-state index contributed by atoms with van der Waals surface area (Å²) in [4.78, 5) is 26.3. The summed E-state index contributed by atoms with van der Waals surface area (Å²) in [7, 11) is 4.39. The van der Waals surface area contributed by atoms with Gasteiger partial charge in [-0.15, -0.1) is 0 Å². The van der Waals surface area contributed by atoms with E-state index in [1.165, 1.54) is 20.3 Å². The number of allylic oxidation sites excluding steroid dienone is 2. The fourth-order valence-electron chi connectivity index (χ4n) is 2.84. The molecular formula is C20H19N3O4. The molecule has 7 nitrogen and oxygen atoms in total. The van der Waals surface area contributed by atoms with Gasteiger partial charge in [-0.25, -0.2) is 9.59 Å². The summed E-state index contributed by atoms with van der Waals surface area (Å²) in [5, 5.41) is 4.19. The number of rotatable bonds is 4. The van der Waals surface area contributed by atoms with E-state index in [1.54, 1.807) is 34.1 Å². The van der Waals surface area contributed by atoms with Crippen LogP contribution in [0.1, 0.15) is 0 Å². The molecule has 1 aliphatic rings. The van der Waals surface area contributed by atoms with Gasteiger partial charge in [0.25, 0.3) is 0 Å². The Kier molecular flexibility index (Phi) is 5.21. The first-order valence-electron chi connectivity index (χ1n) is 8.20. The Morgan fingerprint density at radius 2 is 1.81 bits per heavy atom. The zero-order chi connectivity index (χ0) is 19.4. The van der Waals surface area contributed by atoms with E-state index in [4.69, 9.17) is 9.47 Å². The topological polar surface area (TPSA) is 73.7 Å². The van der Waals surface area contributed by atoms with Crippen molar-refractivity contribution in [3.63, 3.8) is 0 Å². The van der Waals surface area contributed by atoms with E-state index in [0.717, 1.165) is 11.3 Å². The number of benzene rings is 1. The van der Waals surface area contributed by atoms with Gasteiger partial charge in [0.1, 0.15) is 5.70 Å². The van der Waals surface area contributed by atoms with E-state index in [9.17, 15) is 9.59 Å². The first kappa shape index (κ1) is 18.2. The Labute approximate surface area is 156 Å². The third-order valence-electron chi connectivity index (χ3n) is 4.13. The number of hydrogen-bond acceptors (Lipinski definition) is 6. The number of aryl methyl sites for hydroxylation is 1. The van der Waals surface area contributed by atoms with Gasteiger partial charge >= 0.3 is 11.9 Å². The molecule has 2 heterocycles. The van der Waals surface area contributed by atoms with E-state index in [-0.39, 0.29) is 11.3 Å². The molecule has 0 fully saturated rings. The molecule has 1 aromatic heterocycles. The Balaban J connectivity index is 2.15. The number of esters is 2. The van der Waals surface area contributed by atoms with Gasteiger partial charge in [-0.3, -0.25) is 4.68 Å². The number of methoxy groups -OCH3 is 2. The molecule has 1 aliphatic heterocycles. The average molecular weight is 365 g/mol. The van der Waals surface area contributed by atoms with Crippen LogP contribution in [0.4, 0.5) is 5.69 Å². The quantitative estimate of drug-likeness (QED) is 0.776. The summed E-state index contributed by atoms with van der Waals surface area (Å²) in [6.07, 6.45) is 8.34. The largest absolute Gasteiger partial charge is 0.465 e. The van der Waals surface area contributed by atoms with Crippen LogP contribution in [0.25, 0.3) is 11.3 Å². The number of aromatic nitrogens is 2. The number of hydrogen-bond donors (Lipinski definition) is 0. The maximum Gasteiger partial charge on any atom is 0.355 e. The highest BCUT2D eigenvalue weighted by molar-refractivity contribution is 6.05. The number of carbonyl (C=O) groups excluding carboxylic acids is 2. The highest BCUT2D eigenvalue weighted by atomic mass is 16.5. The highest BCUT2D eigenvalue weighted by Gasteiger charge is 2.27. The fraction of sp³-hybridized carbons (Fsp3) is 0.150. The van der Waals surface area contributed by atoms with E-state index in [0.29, 0.717) is 5.69 Å². The minimum atomic E-state index is -0.641. The SMILES string of the molecule is COC(=O)C1=C(C(=O)OC)N(c2cccc(-c3ccnn3C)c2)C=CC=C1. The maximum absolute atomic E-state index is 12.5. The Morgan fingerprint density at radius 1 is 1.04 bits per heavy atom. The van der Waals surface area contributed by atoms with Crippen LogP contribution >= 0.6 is 0 Å². The van der Waals surface area contributed by atoms with Crippen LogP contribution in [0, 0.1) is 0 Å². The lowest BCUT2D eigenvalue weighted by atomic mass is 10.1. The first-order valence-corrected chi connectivity index (χ1v) is 8.20. The molecule has 0 amide bonds. The van der Waals surface area contributed by atoms with Gasteiger partial charge in [0, 0.05) is 30.7 Å². The first-order chi connectivity index (χ1) is 13.1. The smallest absolute Gasteiger partial charge is 0.355 e. The fourth-order valence-corrected chi connectivity index (χ4v) is 2.84. The molecule has 0 N–H and O–H groups in total. The second-order valence-corrected chi connectivity index (χ2v) is 5.71. The molecule has 0 spiro atoms. The molecule has 0 aliphatic carbocycles. The number of carbonyl (C=O) groups is 2. The summed E-state index contributed by atoms with van der Waals surface area (Å²) < 4.78 is 11.5. The molecule has 3 rings (SSSR count). The molecule has 1 aromatic carbocycles. The van der Waals surface area contributed by atoms with E-state index >= 15 is 0 Å². The number of nitrogens with zero attached hydrogens (tertiary/aromatic N) is 3. The van der Waals surface area contributed by atoms with Crippen LogP contribution in [0.2, 0.25) is 0 Å². The third-order valence-corrected chi connectivity index (χ3v) is 4.13. The predicted molar refractivity (Wildman–Crippen MR) is 100 cm³/mol. The number of ether oxygens (including phenoxy) is 2. The van der Waals surface area contributed by atoms with Crippen molar-refractivity contribution in [2.45, 2.75) is 0 Å². The second kappa shape index (κ2) is 7.74. The Hall–Kier alpha value is -3.61. The predicted octanol–water partition coefficient (Wildman–Crippen LogP) is 2.58. The van der Waals surface area contributed by atoms with Gasteiger partial charge in [0.2, 0.25) is 0 Å². The molecule has 0 unspecified atom stereocenters. The van der Waals surface area contributed by atoms with Crippen molar-refractivity contribution < 1.29 is 19.1 Å². The van der Waals surface area contributed by atoms with Gasteiger partial charge in [-0.2, -0.15) is 5.10 Å². The Bertz CT molecular complexity index is 969. The van der Waals surface area contributed by atoms with Crippen molar-refractivity contribution in [2.75, 3.05) is 19.1 Å². The van der Waals surface area contributed by atoms with Crippen molar-refractivity contribution in [1.82, 2.24) is 9.78 Å². The van der Waals surface area contributed by atoms with Crippen molar-refractivity contribution in [1.29, 1.82) is 0 Å². The molecule has 7 heteroatoms.